The first-order valence-corrected chi connectivity index (χ1v) is 7.06. The molecule has 1 aromatic carbocycles. The number of rotatable bonds is 4. The lowest BCUT2D eigenvalue weighted by atomic mass is 10.2. The zero-order valence-corrected chi connectivity index (χ0v) is 12.4. The van der Waals surface area contributed by atoms with Crippen molar-refractivity contribution in [2.75, 3.05) is 6.54 Å². The highest BCUT2D eigenvalue weighted by Crippen LogP contribution is 2.29. The van der Waals surface area contributed by atoms with Crippen LogP contribution in [-0.4, -0.2) is 29.4 Å². The average molecular weight is 288 g/mol. The first kappa shape index (κ1) is 15.3. The molecule has 0 bridgehead atoms. The van der Waals surface area contributed by atoms with Gasteiger partial charge in [-0.05, 0) is 25.8 Å². The topological polar surface area (TPSA) is 62.6 Å². The number of benzene rings is 1. The van der Waals surface area contributed by atoms with E-state index in [-0.39, 0.29) is 18.8 Å². The fraction of sp³-hybridized carbons (Fsp3) is 0.500. The van der Waals surface area contributed by atoms with Crippen LogP contribution in [-0.2, 0) is 16.1 Å². The summed E-state index contributed by atoms with van der Waals surface area (Å²) in [5.41, 5.74) is 0.248. The number of ether oxygens (including phenoxy) is 2. The van der Waals surface area contributed by atoms with Crippen LogP contribution in [0.15, 0.2) is 30.3 Å². The molecular weight excluding hydrogens is 268 g/mol. The van der Waals surface area contributed by atoms with Gasteiger partial charge in [-0.2, -0.15) is 5.26 Å². The number of nitriles is 1. The Bertz CT molecular complexity index is 522. The van der Waals surface area contributed by atoms with Gasteiger partial charge in [-0.1, -0.05) is 30.3 Å². The molecule has 1 saturated heterocycles. The van der Waals surface area contributed by atoms with Crippen molar-refractivity contribution < 1.29 is 14.3 Å². The van der Waals surface area contributed by atoms with Crippen LogP contribution in [0.4, 0.5) is 4.79 Å². The van der Waals surface area contributed by atoms with E-state index in [1.807, 2.05) is 44.2 Å². The SMILES string of the molecule is CC1(C)OC(CCC#N)CN1C(=O)OCc1ccccc1. The van der Waals surface area contributed by atoms with E-state index in [1.165, 1.54) is 0 Å². The summed E-state index contributed by atoms with van der Waals surface area (Å²) in [7, 11) is 0. The van der Waals surface area contributed by atoms with Gasteiger partial charge in [0.15, 0.2) is 0 Å². The first-order chi connectivity index (χ1) is 10.0. The van der Waals surface area contributed by atoms with E-state index in [2.05, 4.69) is 6.07 Å². The van der Waals surface area contributed by atoms with Crippen molar-refractivity contribution in [2.24, 2.45) is 0 Å². The maximum absolute atomic E-state index is 12.2. The zero-order chi connectivity index (χ0) is 15.3. The molecule has 0 N–H and O–H groups in total. The van der Waals surface area contributed by atoms with Gasteiger partial charge in [-0.15, -0.1) is 0 Å². The zero-order valence-electron chi connectivity index (χ0n) is 12.4. The standard InChI is InChI=1S/C16H20N2O3/c1-16(2)18(11-14(21-16)9-6-10-17)15(19)20-12-13-7-4-3-5-8-13/h3-5,7-8,14H,6,9,11-12H2,1-2H3. The molecule has 1 heterocycles. The maximum atomic E-state index is 12.2. The molecule has 1 fully saturated rings. The molecule has 1 amide bonds. The molecule has 21 heavy (non-hydrogen) atoms. The molecule has 0 spiro atoms. The van der Waals surface area contributed by atoms with Gasteiger partial charge in [-0.25, -0.2) is 4.79 Å². The molecule has 2 rings (SSSR count). The summed E-state index contributed by atoms with van der Waals surface area (Å²) < 4.78 is 11.2. The lowest BCUT2D eigenvalue weighted by Gasteiger charge is -2.28. The van der Waals surface area contributed by atoms with E-state index in [4.69, 9.17) is 14.7 Å². The highest BCUT2D eigenvalue weighted by molar-refractivity contribution is 5.68. The molecule has 0 radical (unpaired) electrons. The predicted octanol–water partition coefficient (Wildman–Crippen LogP) is 3.06. The van der Waals surface area contributed by atoms with E-state index >= 15 is 0 Å². The number of hydrogen-bond acceptors (Lipinski definition) is 4. The average Bonchev–Trinajstić information content (AvgIpc) is 2.78. The summed E-state index contributed by atoms with van der Waals surface area (Å²) in [6, 6.07) is 11.7. The second-order valence-corrected chi connectivity index (χ2v) is 5.53. The van der Waals surface area contributed by atoms with Crippen molar-refractivity contribution >= 4 is 6.09 Å². The van der Waals surface area contributed by atoms with Crippen molar-refractivity contribution in [1.82, 2.24) is 4.90 Å². The quantitative estimate of drug-likeness (QED) is 0.854. The maximum Gasteiger partial charge on any atom is 0.412 e. The number of nitrogens with zero attached hydrogens (tertiary/aromatic N) is 2. The lowest BCUT2D eigenvalue weighted by molar-refractivity contribution is -0.0714. The second kappa shape index (κ2) is 6.59. The minimum absolute atomic E-state index is 0.107. The number of hydrogen-bond donors (Lipinski definition) is 0. The van der Waals surface area contributed by atoms with Crippen LogP contribution < -0.4 is 0 Å². The van der Waals surface area contributed by atoms with Gasteiger partial charge in [0.25, 0.3) is 0 Å². The summed E-state index contributed by atoms with van der Waals surface area (Å²) in [6.45, 7) is 4.38. The smallest absolute Gasteiger partial charge is 0.412 e. The van der Waals surface area contributed by atoms with E-state index in [1.54, 1.807) is 4.90 Å². The molecule has 1 aliphatic heterocycles. The van der Waals surface area contributed by atoms with E-state index in [0.29, 0.717) is 19.4 Å². The molecule has 112 valence electrons. The van der Waals surface area contributed by atoms with Crippen LogP contribution in [0.25, 0.3) is 0 Å². The largest absolute Gasteiger partial charge is 0.444 e. The summed E-state index contributed by atoms with van der Waals surface area (Å²) in [5, 5.41) is 8.63. The molecule has 1 aromatic rings. The molecule has 0 aliphatic carbocycles. The summed E-state index contributed by atoms with van der Waals surface area (Å²) in [6.07, 6.45) is 0.558. The Kier molecular flexibility index (Phi) is 4.81. The monoisotopic (exact) mass is 288 g/mol. The molecule has 0 aromatic heterocycles. The Labute approximate surface area is 125 Å². The summed E-state index contributed by atoms with van der Waals surface area (Å²) >= 11 is 0. The molecule has 1 unspecified atom stereocenters. The fourth-order valence-corrected chi connectivity index (χ4v) is 2.40. The third kappa shape index (κ3) is 3.96. The van der Waals surface area contributed by atoms with Gasteiger partial charge < -0.3 is 9.47 Å². The number of carbonyl (C=O) groups is 1. The third-order valence-corrected chi connectivity index (χ3v) is 3.49. The Hall–Kier alpha value is -2.06. The minimum Gasteiger partial charge on any atom is -0.444 e. The third-order valence-electron chi connectivity index (χ3n) is 3.49. The van der Waals surface area contributed by atoms with E-state index < -0.39 is 5.72 Å². The van der Waals surface area contributed by atoms with Gasteiger partial charge in [0, 0.05) is 6.42 Å². The molecule has 5 heteroatoms. The van der Waals surface area contributed by atoms with Crippen LogP contribution in [0.2, 0.25) is 0 Å². The van der Waals surface area contributed by atoms with Gasteiger partial charge in [0.1, 0.15) is 12.3 Å². The molecule has 0 saturated carbocycles. The van der Waals surface area contributed by atoms with Crippen LogP contribution in [0.3, 0.4) is 0 Å². The van der Waals surface area contributed by atoms with Crippen molar-refractivity contribution in [3.8, 4) is 6.07 Å². The number of carbonyl (C=O) groups excluding carboxylic acids is 1. The van der Waals surface area contributed by atoms with E-state index in [0.717, 1.165) is 5.56 Å². The fourth-order valence-electron chi connectivity index (χ4n) is 2.40. The van der Waals surface area contributed by atoms with Gasteiger partial charge >= 0.3 is 6.09 Å². The Morgan fingerprint density at radius 2 is 2.19 bits per heavy atom. The highest BCUT2D eigenvalue weighted by Gasteiger charge is 2.42. The summed E-state index contributed by atoms with van der Waals surface area (Å²) in [5.74, 6) is 0. The lowest BCUT2D eigenvalue weighted by Crippen LogP contribution is -2.43. The normalized spacial score (nSPS) is 20.0. The highest BCUT2D eigenvalue weighted by atomic mass is 16.6. The molecular formula is C16H20N2O3. The van der Waals surface area contributed by atoms with Crippen molar-refractivity contribution in [3.63, 3.8) is 0 Å². The van der Waals surface area contributed by atoms with E-state index in [9.17, 15) is 4.79 Å². The van der Waals surface area contributed by atoms with Gasteiger partial charge in [-0.3, -0.25) is 4.90 Å². The molecule has 1 aliphatic rings. The summed E-state index contributed by atoms with van der Waals surface area (Å²) in [4.78, 5) is 13.8. The van der Waals surface area contributed by atoms with Crippen molar-refractivity contribution in [2.45, 2.75) is 45.1 Å². The van der Waals surface area contributed by atoms with Crippen LogP contribution >= 0.6 is 0 Å². The Morgan fingerprint density at radius 1 is 1.48 bits per heavy atom. The Morgan fingerprint density at radius 3 is 2.86 bits per heavy atom. The number of amides is 1. The predicted molar refractivity (Wildman–Crippen MR) is 77.1 cm³/mol. The minimum atomic E-state index is -0.701. The van der Waals surface area contributed by atoms with Crippen LogP contribution in [0.1, 0.15) is 32.3 Å². The second-order valence-electron chi connectivity index (χ2n) is 5.53. The Balaban J connectivity index is 1.91. The van der Waals surface area contributed by atoms with Gasteiger partial charge in [0.2, 0.25) is 0 Å². The molecule has 5 nitrogen and oxygen atoms in total. The van der Waals surface area contributed by atoms with Crippen LogP contribution in [0, 0.1) is 11.3 Å². The molecule has 1 atom stereocenters. The van der Waals surface area contributed by atoms with Crippen molar-refractivity contribution in [1.29, 1.82) is 5.26 Å². The van der Waals surface area contributed by atoms with Crippen LogP contribution in [0.5, 0.6) is 0 Å². The van der Waals surface area contributed by atoms with Crippen molar-refractivity contribution in [3.05, 3.63) is 35.9 Å². The first-order valence-electron chi connectivity index (χ1n) is 7.06. The van der Waals surface area contributed by atoms with Gasteiger partial charge in [0.05, 0.1) is 18.7 Å².